The molecule has 0 heterocycles. The van der Waals surface area contributed by atoms with Gasteiger partial charge in [-0.2, -0.15) is 18.4 Å². The minimum absolute atomic E-state index is 0.330. The first kappa shape index (κ1) is 10.4. The van der Waals surface area contributed by atoms with Crippen molar-refractivity contribution >= 4 is 5.69 Å². The average molecular weight is 200 g/mol. The zero-order chi connectivity index (χ0) is 10.8. The molecule has 2 nitrogen and oxygen atoms in total. The number of rotatable bonds is 1. The standard InChI is InChI=1S/C9H7F3N2/c1-14-7-3-2-6(5-13)8(4-7)9(10,11)12/h2-4,14H,1H3. The van der Waals surface area contributed by atoms with Crippen LogP contribution in [0.25, 0.3) is 0 Å². The third-order valence-corrected chi connectivity index (χ3v) is 1.73. The number of nitriles is 1. The van der Waals surface area contributed by atoms with E-state index in [9.17, 15) is 13.2 Å². The Labute approximate surface area is 79.0 Å². The van der Waals surface area contributed by atoms with Crippen molar-refractivity contribution in [2.45, 2.75) is 6.18 Å². The molecular formula is C9H7F3N2. The van der Waals surface area contributed by atoms with Crippen molar-refractivity contribution in [3.63, 3.8) is 0 Å². The Bertz CT molecular complexity index is 377. The molecule has 0 unspecified atom stereocenters. The minimum Gasteiger partial charge on any atom is -0.388 e. The third kappa shape index (κ3) is 1.96. The Morgan fingerprint density at radius 1 is 1.36 bits per heavy atom. The summed E-state index contributed by atoms with van der Waals surface area (Å²) >= 11 is 0. The number of hydrogen-bond donors (Lipinski definition) is 1. The van der Waals surface area contributed by atoms with E-state index >= 15 is 0 Å². The summed E-state index contributed by atoms with van der Waals surface area (Å²) in [5.74, 6) is 0. The molecule has 0 amide bonds. The fraction of sp³-hybridized carbons (Fsp3) is 0.222. The number of hydrogen-bond acceptors (Lipinski definition) is 2. The molecule has 5 heteroatoms. The lowest BCUT2D eigenvalue weighted by Gasteiger charge is -2.10. The maximum absolute atomic E-state index is 12.4. The van der Waals surface area contributed by atoms with Crippen LogP contribution in [0.4, 0.5) is 18.9 Å². The summed E-state index contributed by atoms with van der Waals surface area (Å²) < 4.78 is 37.1. The second-order valence-corrected chi connectivity index (χ2v) is 2.62. The maximum atomic E-state index is 12.4. The highest BCUT2D eigenvalue weighted by atomic mass is 19.4. The molecule has 0 saturated heterocycles. The highest BCUT2D eigenvalue weighted by Gasteiger charge is 2.33. The van der Waals surface area contributed by atoms with Crippen LogP contribution in [0.2, 0.25) is 0 Å². The fourth-order valence-electron chi connectivity index (χ4n) is 1.03. The van der Waals surface area contributed by atoms with Gasteiger partial charge in [0.05, 0.1) is 17.2 Å². The maximum Gasteiger partial charge on any atom is 0.417 e. The predicted octanol–water partition coefficient (Wildman–Crippen LogP) is 2.62. The van der Waals surface area contributed by atoms with Crippen molar-refractivity contribution in [1.82, 2.24) is 0 Å². The quantitative estimate of drug-likeness (QED) is 0.756. The smallest absolute Gasteiger partial charge is 0.388 e. The number of benzene rings is 1. The highest BCUT2D eigenvalue weighted by molar-refractivity contribution is 5.52. The molecule has 0 fully saturated rings. The van der Waals surface area contributed by atoms with Crippen LogP contribution in [0.15, 0.2) is 18.2 Å². The molecule has 74 valence electrons. The van der Waals surface area contributed by atoms with Crippen molar-refractivity contribution < 1.29 is 13.2 Å². The molecule has 0 atom stereocenters. The lowest BCUT2D eigenvalue weighted by Crippen LogP contribution is -2.08. The van der Waals surface area contributed by atoms with Crippen LogP contribution in [0.1, 0.15) is 11.1 Å². The molecule has 0 aromatic heterocycles. The van der Waals surface area contributed by atoms with E-state index < -0.39 is 11.7 Å². The summed E-state index contributed by atoms with van der Waals surface area (Å²) in [6.45, 7) is 0. The van der Waals surface area contributed by atoms with Crippen LogP contribution in [0, 0.1) is 11.3 Å². The third-order valence-electron chi connectivity index (χ3n) is 1.73. The van der Waals surface area contributed by atoms with Crippen molar-refractivity contribution in [2.24, 2.45) is 0 Å². The number of halogens is 3. The molecule has 0 bridgehead atoms. The van der Waals surface area contributed by atoms with Crippen molar-refractivity contribution in [1.29, 1.82) is 5.26 Å². The van der Waals surface area contributed by atoms with Crippen molar-refractivity contribution in [2.75, 3.05) is 12.4 Å². The van der Waals surface area contributed by atoms with Crippen LogP contribution in [0.5, 0.6) is 0 Å². The lowest BCUT2D eigenvalue weighted by molar-refractivity contribution is -0.137. The first-order valence-corrected chi connectivity index (χ1v) is 3.78. The molecule has 1 N–H and O–H groups in total. The summed E-state index contributed by atoms with van der Waals surface area (Å²) in [6.07, 6.45) is -4.49. The number of alkyl halides is 3. The van der Waals surface area contributed by atoms with Gasteiger partial charge in [-0.25, -0.2) is 0 Å². The SMILES string of the molecule is CNc1ccc(C#N)c(C(F)(F)F)c1. The molecule has 0 aliphatic rings. The van der Waals surface area contributed by atoms with Crippen molar-refractivity contribution in [3.8, 4) is 6.07 Å². The summed E-state index contributed by atoms with van der Waals surface area (Å²) in [5, 5.41) is 11.1. The molecule has 14 heavy (non-hydrogen) atoms. The fourth-order valence-corrected chi connectivity index (χ4v) is 1.03. The van der Waals surface area contributed by atoms with Gasteiger partial charge in [0.15, 0.2) is 0 Å². The number of nitrogens with one attached hydrogen (secondary N) is 1. The van der Waals surface area contributed by atoms with Gasteiger partial charge in [0.1, 0.15) is 0 Å². The molecule has 1 aromatic carbocycles. The molecule has 1 rings (SSSR count). The Balaban J connectivity index is 3.31. The highest BCUT2D eigenvalue weighted by Crippen LogP contribution is 2.33. The van der Waals surface area contributed by atoms with Crippen LogP contribution >= 0.6 is 0 Å². The molecular weight excluding hydrogens is 193 g/mol. The Kier molecular flexibility index (Phi) is 2.65. The summed E-state index contributed by atoms with van der Waals surface area (Å²) in [4.78, 5) is 0. The topological polar surface area (TPSA) is 35.8 Å². The van der Waals surface area contributed by atoms with Gasteiger partial charge in [-0.1, -0.05) is 0 Å². The van der Waals surface area contributed by atoms with Gasteiger partial charge in [0, 0.05) is 12.7 Å². The van der Waals surface area contributed by atoms with E-state index in [1.165, 1.54) is 19.2 Å². The van der Waals surface area contributed by atoms with E-state index in [0.717, 1.165) is 12.1 Å². The predicted molar refractivity (Wildman–Crippen MR) is 45.7 cm³/mol. The van der Waals surface area contributed by atoms with E-state index in [-0.39, 0.29) is 5.56 Å². The molecule has 0 aliphatic carbocycles. The molecule has 0 saturated carbocycles. The zero-order valence-corrected chi connectivity index (χ0v) is 7.31. The molecule has 0 radical (unpaired) electrons. The van der Waals surface area contributed by atoms with Gasteiger partial charge in [-0.15, -0.1) is 0 Å². The summed E-state index contributed by atoms with van der Waals surface area (Å²) in [6, 6.07) is 4.99. The van der Waals surface area contributed by atoms with Gasteiger partial charge < -0.3 is 5.32 Å². The average Bonchev–Trinajstić information content (AvgIpc) is 2.15. The first-order chi connectivity index (χ1) is 6.49. The van der Waals surface area contributed by atoms with E-state index in [2.05, 4.69) is 5.32 Å². The van der Waals surface area contributed by atoms with Crippen LogP contribution in [-0.2, 0) is 6.18 Å². The van der Waals surface area contributed by atoms with Crippen molar-refractivity contribution in [3.05, 3.63) is 29.3 Å². The largest absolute Gasteiger partial charge is 0.417 e. The summed E-state index contributed by atoms with van der Waals surface area (Å²) in [7, 11) is 1.52. The second kappa shape index (κ2) is 3.58. The molecule has 0 aliphatic heterocycles. The first-order valence-electron chi connectivity index (χ1n) is 3.78. The van der Waals surface area contributed by atoms with Crippen LogP contribution in [0.3, 0.4) is 0 Å². The minimum atomic E-state index is -4.49. The number of nitrogens with zero attached hydrogens (tertiary/aromatic N) is 1. The second-order valence-electron chi connectivity index (χ2n) is 2.62. The van der Waals surface area contributed by atoms with E-state index in [1.807, 2.05) is 0 Å². The zero-order valence-electron chi connectivity index (χ0n) is 7.31. The molecule has 0 spiro atoms. The van der Waals surface area contributed by atoms with Crippen LogP contribution < -0.4 is 5.32 Å². The van der Waals surface area contributed by atoms with Gasteiger partial charge >= 0.3 is 6.18 Å². The Hall–Kier alpha value is -1.70. The van der Waals surface area contributed by atoms with Gasteiger partial charge in [-0.3, -0.25) is 0 Å². The van der Waals surface area contributed by atoms with Gasteiger partial charge in [-0.05, 0) is 18.2 Å². The van der Waals surface area contributed by atoms with E-state index in [4.69, 9.17) is 5.26 Å². The van der Waals surface area contributed by atoms with E-state index in [0.29, 0.717) is 5.69 Å². The van der Waals surface area contributed by atoms with Gasteiger partial charge in [0.25, 0.3) is 0 Å². The summed E-state index contributed by atoms with van der Waals surface area (Å²) in [5.41, 5.74) is -0.945. The number of anilines is 1. The van der Waals surface area contributed by atoms with Crippen LogP contribution in [-0.4, -0.2) is 7.05 Å². The normalized spacial score (nSPS) is 10.8. The van der Waals surface area contributed by atoms with E-state index in [1.54, 1.807) is 0 Å². The van der Waals surface area contributed by atoms with Gasteiger partial charge in [0.2, 0.25) is 0 Å². The Morgan fingerprint density at radius 2 is 2.00 bits per heavy atom. The molecule has 1 aromatic rings. The lowest BCUT2D eigenvalue weighted by atomic mass is 10.1. The Morgan fingerprint density at radius 3 is 2.43 bits per heavy atom. The monoisotopic (exact) mass is 200 g/mol.